The van der Waals surface area contributed by atoms with Gasteiger partial charge in [0.25, 0.3) is 0 Å². The number of nitrogens with one attached hydrogen (secondary N) is 3. The predicted octanol–water partition coefficient (Wildman–Crippen LogP) is -2.17. The third-order valence-corrected chi connectivity index (χ3v) is 4.02. The molecule has 0 spiro atoms. The fourth-order valence-electron chi connectivity index (χ4n) is 2.22. The molecule has 4 unspecified atom stereocenters. The Morgan fingerprint density at radius 2 is 1.48 bits per heavy atom. The van der Waals surface area contributed by atoms with Crippen LogP contribution in [0.1, 0.15) is 19.4 Å². The average molecular weight is 410 g/mol. The molecule has 0 saturated carbocycles. The van der Waals surface area contributed by atoms with Gasteiger partial charge in [0.2, 0.25) is 17.7 Å². The Morgan fingerprint density at radius 1 is 0.931 bits per heavy atom. The summed E-state index contributed by atoms with van der Waals surface area (Å²) in [5, 5.41) is 34.3. The van der Waals surface area contributed by atoms with Crippen LogP contribution in [0.2, 0.25) is 0 Å². The van der Waals surface area contributed by atoms with Gasteiger partial charge in [-0.25, -0.2) is 0 Å². The number of rotatable bonds is 10. The number of hydrogen-bond acceptors (Lipinski definition) is 7. The van der Waals surface area contributed by atoms with Crippen molar-refractivity contribution in [3.8, 4) is 5.75 Å². The van der Waals surface area contributed by atoms with Crippen molar-refractivity contribution >= 4 is 23.7 Å². The maximum atomic E-state index is 12.5. The van der Waals surface area contributed by atoms with Crippen molar-refractivity contribution in [2.45, 2.75) is 44.4 Å². The molecule has 29 heavy (non-hydrogen) atoms. The molecule has 0 aliphatic heterocycles. The Morgan fingerprint density at radius 3 is 2.00 bits per heavy atom. The molecule has 4 atom stereocenters. The van der Waals surface area contributed by atoms with E-state index in [4.69, 9.17) is 15.9 Å². The van der Waals surface area contributed by atoms with E-state index in [-0.39, 0.29) is 12.2 Å². The number of aliphatic hydroxyl groups is 1. The van der Waals surface area contributed by atoms with Gasteiger partial charge in [-0.2, -0.15) is 0 Å². The summed E-state index contributed by atoms with van der Waals surface area (Å²) in [6, 6.07) is 1.34. The van der Waals surface area contributed by atoms with E-state index in [1.165, 1.54) is 26.0 Å². The number of aliphatic hydroxyl groups excluding tert-OH is 1. The molecule has 8 N–H and O–H groups in total. The molecule has 1 aromatic rings. The summed E-state index contributed by atoms with van der Waals surface area (Å²) in [5.41, 5.74) is 5.98. The smallest absolute Gasteiger partial charge is 0.325 e. The zero-order valence-electron chi connectivity index (χ0n) is 16.1. The lowest BCUT2D eigenvalue weighted by molar-refractivity contribution is -0.141. The van der Waals surface area contributed by atoms with E-state index in [1.807, 2.05) is 0 Å². The zero-order valence-corrected chi connectivity index (χ0v) is 16.1. The van der Waals surface area contributed by atoms with Crippen LogP contribution in [0.25, 0.3) is 0 Å². The first-order valence-electron chi connectivity index (χ1n) is 8.83. The van der Waals surface area contributed by atoms with E-state index in [9.17, 15) is 24.3 Å². The molecule has 0 radical (unpaired) electrons. The SMILES string of the molecule is CC(NC(=O)C(Cc1ccc(O)cc1)NC(=O)C(C)NC(=O)C(N)CO)C(=O)O. The number of nitrogens with two attached hydrogens (primary N) is 1. The molecular formula is C18H26N4O7. The number of aliphatic carboxylic acids is 1. The largest absolute Gasteiger partial charge is 0.508 e. The monoisotopic (exact) mass is 410 g/mol. The van der Waals surface area contributed by atoms with E-state index in [0.717, 1.165) is 0 Å². The Labute approximate surface area is 167 Å². The van der Waals surface area contributed by atoms with Crippen molar-refractivity contribution in [1.82, 2.24) is 16.0 Å². The summed E-state index contributed by atoms with van der Waals surface area (Å²) >= 11 is 0. The third-order valence-electron chi connectivity index (χ3n) is 4.02. The van der Waals surface area contributed by atoms with Crippen LogP contribution in [0.4, 0.5) is 0 Å². The van der Waals surface area contributed by atoms with Gasteiger partial charge in [0.05, 0.1) is 6.61 Å². The van der Waals surface area contributed by atoms with Gasteiger partial charge in [0.1, 0.15) is 29.9 Å². The summed E-state index contributed by atoms with van der Waals surface area (Å²) in [4.78, 5) is 47.6. The summed E-state index contributed by atoms with van der Waals surface area (Å²) in [7, 11) is 0. The van der Waals surface area contributed by atoms with Crippen molar-refractivity contribution in [3.63, 3.8) is 0 Å². The second kappa shape index (κ2) is 11.0. The minimum absolute atomic E-state index is 0.0149. The van der Waals surface area contributed by atoms with Gasteiger partial charge >= 0.3 is 5.97 Å². The highest BCUT2D eigenvalue weighted by Crippen LogP contribution is 2.11. The number of carbonyl (C=O) groups excluding carboxylic acids is 3. The van der Waals surface area contributed by atoms with Crippen molar-refractivity contribution in [3.05, 3.63) is 29.8 Å². The third kappa shape index (κ3) is 7.76. The normalized spacial score (nSPS) is 14.8. The van der Waals surface area contributed by atoms with Crippen molar-refractivity contribution < 1.29 is 34.5 Å². The van der Waals surface area contributed by atoms with Gasteiger partial charge in [-0.3, -0.25) is 19.2 Å². The van der Waals surface area contributed by atoms with Crippen LogP contribution in [0.15, 0.2) is 24.3 Å². The number of phenols is 1. The van der Waals surface area contributed by atoms with Crippen molar-refractivity contribution in [1.29, 1.82) is 0 Å². The van der Waals surface area contributed by atoms with Crippen LogP contribution in [0.5, 0.6) is 5.75 Å². The molecule has 3 amide bonds. The van der Waals surface area contributed by atoms with Crippen LogP contribution in [0, 0.1) is 0 Å². The molecule has 0 fully saturated rings. The lowest BCUT2D eigenvalue weighted by atomic mass is 10.0. The van der Waals surface area contributed by atoms with Crippen LogP contribution < -0.4 is 21.7 Å². The number of phenolic OH excluding ortho intramolecular Hbond substituents is 1. The fraction of sp³-hybridized carbons (Fsp3) is 0.444. The summed E-state index contributed by atoms with van der Waals surface area (Å²) in [6.45, 7) is 2.05. The first-order chi connectivity index (χ1) is 13.5. The molecule has 0 bridgehead atoms. The van der Waals surface area contributed by atoms with Gasteiger partial charge in [-0.05, 0) is 31.5 Å². The average Bonchev–Trinajstić information content (AvgIpc) is 2.67. The number of amides is 3. The van der Waals surface area contributed by atoms with E-state index >= 15 is 0 Å². The van der Waals surface area contributed by atoms with Crippen molar-refractivity contribution in [2.24, 2.45) is 5.73 Å². The molecule has 11 heteroatoms. The second-order valence-corrected chi connectivity index (χ2v) is 6.52. The maximum Gasteiger partial charge on any atom is 0.325 e. The van der Waals surface area contributed by atoms with Crippen LogP contribution in [0.3, 0.4) is 0 Å². The summed E-state index contributed by atoms with van der Waals surface area (Å²) in [5.74, 6) is -3.40. The second-order valence-electron chi connectivity index (χ2n) is 6.52. The lowest BCUT2D eigenvalue weighted by Crippen LogP contribution is -2.56. The van der Waals surface area contributed by atoms with Crippen LogP contribution >= 0.6 is 0 Å². The predicted molar refractivity (Wildman–Crippen MR) is 102 cm³/mol. The quantitative estimate of drug-likeness (QED) is 0.227. The van der Waals surface area contributed by atoms with Gasteiger partial charge in [-0.1, -0.05) is 12.1 Å². The number of aromatic hydroxyl groups is 1. The van der Waals surface area contributed by atoms with E-state index in [2.05, 4.69) is 16.0 Å². The van der Waals surface area contributed by atoms with Crippen molar-refractivity contribution in [2.75, 3.05) is 6.61 Å². The van der Waals surface area contributed by atoms with E-state index in [0.29, 0.717) is 5.56 Å². The molecular weight excluding hydrogens is 384 g/mol. The molecule has 0 heterocycles. The van der Waals surface area contributed by atoms with Gasteiger partial charge in [0, 0.05) is 6.42 Å². The fourth-order valence-corrected chi connectivity index (χ4v) is 2.22. The molecule has 0 aromatic heterocycles. The topological polar surface area (TPSA) is 191 Å². The molecule has 0 saturated heterocycles. The van der Waals surface area contributed by atoms with Crippen LogP contribution in [-0.4, -0.2) is 69.8 Å². The highest BCUT2D eigenvalue weighted by molar-refractivity contribution is 5.94. The minimum atomic E-state index is -1.24. The summed E-state index contributed by atoms with van der Waals surface area (Å²) < 4.78 is 0. The highest BCUT2D eigenvalue weighted by atomic mass is 16.4. The lowest BCUT2D eigenvalue weighted by Gasteiger charge is -2.23. The molecule has 11 nitrogen and oxygen atoms in total. The summed E-state index contributed by atoms with van der Waals surface area (Å²) in [6.07, 6.45) is 0.0149. The Kier molecular flexibility index (Phi) is 9.03. The highest BCUT2D eigenvalue weighted by Gasteiger charge is 2.27. The number of carbonyl (C=O) groups is 4. The molecule has 0 aliphatic rings. The van der Waals surface area contributed by atoms with Gasteiger partial charge < -0.3 is 37.0 Å². The molecule has 1 aromatic carbocycles. The first-order valence-corrected chi connectivity index (χ1v) is 8.83. The van der Waals surface area contributed by atoms with E-state index in [1.54, 1.807) is 12.1 Å². The number of benzene rings is 1. The Bertz CT molecular complexity index is 738. The number of hydrogen-bond donors (Lipinski definition) is 7. The number of carboxylic acid groups (broad SMARTS) is 1. The minimum Gasteiger partial charge on any atom is -0.508 e. The Hall–Kier alpha value is -3.18. The first kappa shape index (κ1) is 23.9. The Balaban J connectivity index is 2.90. The maximum absolute atomic E-state index is 12.5. The standard InChI is InChI=1S/C18H26N4O7/c1-9(20-16(26)13(19)8-23)15(25)22-14(17(27)21-10(2)18(28)29)7-11-3-5-12(24)6-4-11/h3-6,9-10,13-14,23-24H,7-8,19H2,1-2H3,(H,20,26)(H,21,27)(H,22,25)(H,28,29). The number of carboxylic acids is 1. The molecule has 0 aliphatic carbocycles. The van der Waals surface area contributed by atoms with Gasteiger partial charge in [0.15, 0.2) is 0 Å². The zero-order chi connectivity index (χ0) is 22.1. The van der Waals surface area contributed by atoms with Gasteiger partial charge in [-0.15, -0.1) is 0 Å². The van der Waals surface area contributed by atoms with Crippen LogP contribution in [-0.2, 0) is 25.6 Å². The molecule has 1 rings (SSSR count). The molecule has 160 valence electrons. The van der Waals surface area contributed by atoms with E-state index < -0.39 is 54.5 Å².